The molecule has 27 heavy (non-hydrogen) atoms. The molecule has 0 aliphatic heterocycles. The number of carbonyl (C=O) groups excluding carboxylic acids is 2. The van der Waals surface area contributed by atoms with Gasteiger partial charge in [-0.05, 0) is 68.1 Å². The van der Waals surface area contributed by atoms with Crippen LogP contribution in [0, 0.1) is 0 Å². The standard InChI is InChI=1S/C20H21BrN2O4/c21-14-6-8-15(9-7-14)23-19(24)12-26-18-11-13(5-10-17(18)22)20(25)27-16-3-1-2-4-16/h5-11,16H,1-4,12,22H2,(H,23,24). The minimum Gasteiger partial charge on any atom is -0.482 e. The molecule has 0 atom stereocenters. The largest absolute Gasteiger partial charge is 0.482 e. The van der Waals surface area contributed by atoms with Crippen molar-refractivity contribution in [3.8, 4) is 5.75 Å². The van der Waals surface area contributed by atoms with Crippen molar-refractivity contribution in [3.63, 3.8) is 0 Å². The molecular weight excluding hydrogens is 412 g/mol. The Morgan fingerprint density at radius 2 is 1.81 bits per heavy atom. The number of nitrogen functional groups attached to an aromatic ring is 1. The van der Waals surface area contributed by atoms with E-state index in [1.54, 1.807) is 24.3 Å². The van der Waals surface area contributed by atoms with Gasteiger partial charge in [-0.15, -0.1) is 0 Å². The minimum atomic E-state index is -0.397. The van der Waals surface area contributed by atoms with Gasteiger partial charge in [0.25, 0.3) is 5.91 Å². The van der Waals surface area contributed by atoms with Gasteiger partial charge in [-0.3, -0.25) is 4.79 Å². The number of halogens is 1. The number of hydrogen-bond donors (Lipinski definition) is 2. The number of esters is 1. The second kappa shape index (κ2) is 8.90. The molecule has 0 spiro atoms. The minimum absolute atomic E-state index is 0.0175. The van der Waals surface area contributed by atoms with Gasteiger partial charge in [0.15, 0.2) is 6.61 Å². The van der Waals surface area contributed by atoms with Gasteiger partial charge in [0.05, 0.1) is 11.3 Å². The zero-order valence-electron chi connectivity index (χ0n) is 14.7. The van der Waals surface area contributed by atoms with E-state index >= 15 is 0 Å². The lowest BCUT2D eigenvalue weighted by Gasteiger charge is -2.13. The second-order valence-corrected chi connectivity index (χ2v) is 7.32. The first kappa shape index (κ1) is 19.2. The molecular formula is C20H21BrN2O4. The summed E-state index contributed by atoms with van der Waals surface area (Å²) in [5.74, 6) is -0.441. The van der Waals surface area contributed by atoms with Gasteiger partial charge in [-0.2, -0.15) is 0 Å². The number of amides is 1. The summed E-state index contributed by atoms with van der Waals surface area (Å²) in [4.78, 5) is 24.3. The van der Waals surface area contributed by atoms with Crippen LogP contribution < -0.4 is 15.8 Å². The van der Waals surface area contributed by atoms with Crippen molar-refractivity contribution < 1.29 is 19.1 Å². The van der Waals surface area contributed by atoms with Gasteiger partial charge < -0.3 is 20.5 Å². The monoisotopic (exact) mass is 432 g/mol. The molecule has 0 radical (unpaired) electrons. The van der Waals surface area contributed by atoms with E-state index in [1.807, 2.05) is 12.1 Å². The molecule has 0 unspecified atom stereocenters. The highest BCUT2D eigenvalue weighted by Crippen LogP contribution is 2.26. The molecule has 1 fully saturated rings. The van der Waals surface area contributed by atoms with Crippen molar-refractivity contribution >= 4 is 39.2 Å². The highest BCUT2D eigenvalue weighted by atomic mass is 79.9. The Bertz CT molecular complexity index is 817. The molecule has 0 saturated heterocycles. The first-order chi connectivity index (χ1) is 13.0. The lowest BCUT2D eigenvalue weighted by Crippen LogP contribution is -2.20. The summed E-state index contributed by atoms with van der Waals surface area (Å²) in [6.07, 6.45) is 3.96. The van der Waals surface area contributed by atoms with E-state index in [0.29, 0.717) is 16.9 Å². The van der Waals surface area contributed by atoms with Crippen LogP contribution in [0.2, 0.25) is 0 Å². The summed E-state index contributed by atoms with van der Waals surface area (Å²) in [5, 5.41) is 2.73. The van der Waals surface area contributed by atoms with E-state index in [1.165, 1.54) is 6.07 Å². The number of nitrogens with two attached hydrogens (primary N) is 1. The number of carbonyl (C=O) groups is 2. The Labute approximate surface area is 166 Å². The van der Waals surface area contributed by atoms with Crippen LogP contribution in [0.4, 0.5) is 11.4 Å². The molecule has 7 heteroatoms. The normalized spacial score (nSPS) is 14.0. The van der Waals surface area contributed by atoms with Crippen LogP contribution in [0.5, 0.6) is 5.75 Å². The molecule has 3 N–H and O–H groups in total. The maximum Gasteiger partial charge on any atom is 0.338 e. The van der Waals surface area contributed by atoms with Crippen molar-refractivity contribution in [2.75, 3.05) is 17.7 Å². The van der Waals surface area contributed by atoms with Gasteiger partial charge in [-0.25, -0.2) is 4.79 Å². The summed E-state index contributed by atoms with van der Waals surface area (Å²) in [6.45, 7) is -0.221. The molecule has 0 aromatic heterocycles. The molecule has 0 heterocycles. The lowest BCUT2D eigenvalue weighted by molar-refractivity contribution is -0.118. The Morgan fingerprint density at radius 3 is 2.52 bits per heavy atom. The van der Waals surface area contributed by atoms with Crippen molar-refractivity contribution in [2.24, 2.45) is 0 Å². The average Bonchev–Trinajstić information content (AvgIpc) is 3.16. The Kier molecular flexibility index (Phi) is 6.34. The molecule has 1 saturated carbocycles. The molecule has 142 valence electrons. The van der Waals surface area contributed by atoms with Crippen molar-refractivity contribution in [1.82, 2.24) is 0 Å². The molecule has 1 aliphatic carbocycles. The predicted molar refractivity (Wildman–Crippen MR) is 107 cm³/mol. The number of hydrogen-bond acceptors (Lipinski definition) is 5. The van der Waals surface area contributed by atoms with Crippen LogP contribution in [0.1, 0.15) is 36.0 Å². The van der Waals surface area contributed by atoms with Gasteiger partial charge in [-0.1, -0.05) is 15.9 Å². The first-order valence-electron chi connectivity index (χ1n) is 8.80. The Balaban J connectivity index is 1.58. The van der Waals surface area contributed by atoms with E-state index in [4.69, 9.17) is 15.2 Å². The SMILES string of the molecule is Nc1ccc(C(=O)OC2CCCC2)cc1OCC(=O)Nc1ccc(Br)cc1. The molecule has 2 aromatic rings. The Morgan fingerprint density at radius 1 is 1.11 bits per heavy atom. The average molecular weight is 433 g/mol. The van der Waals surface area contributed by atoms with Crippen LogP contribution in [-0.4, -0.2) is 24.6 Å². The van der Waals surface area contributed by atoms with Crippen LogP contribution in [-0.2, 0) is 9.53 Å². The number of anilines is 2. The molecule has 0 bridgehead atoms. The summed E-state index contributed by atoms with van der Waals surface area (Å²) < 4.78 is 11.9. The molecule has 6 nitrogen and oxygen atoms in total. The fourth-order valence-corrected chi connectivity index (χ4v) is 3.15. The van der Waals surface area contributed by atoms with Gasteiger partial charge >= 0.3 is 5.97 Å². The number of ether oxygens (including phenoxy) is 2. The van der Waals surface area contributed by atoms with Crippen molar-refractivity contribution in [1.29, 1.82) is 0 Å². The van der Waals surface area contributed by atoms with Crippen LogP contribution in [0.15, 0.2) is 46.9 Å². The van der Waals surface area contributed by atoms with Crippen molar-refractivity contribution in [2.45, 2.75) is 31.8 Å². The molecule has 1 aliphatic rings. The summed E-state index contributed by atoms with van der Waals surface area (Å²) in [7, 11) is 0. The van der Waals surface area contributed by atoms with Gasteiger partial charge in [0.1, 0.15) is 11.9 Å². The third-order valence-electron chi connectivity index (χ3n) is 4.31. The molecule has 2 aromatic carbocycles. The smallest absolute Gasteiger partial charge is 0.338 e. The number of rotatable bonds is 6. The highest BCUT2D eigenvalue weighted by molar-refractivity contribution is 9.10. The quantitative estimate of drug-likeness (QED) is 0.528. The van der Waals surface area contributed by atoms with E-state index in [2.05, 4.69) is 21.2 Å². The van der Waals surface area contributed by atoms with Crippen LogP contribution in [0.25, 0.3) is 0 Å². The maximum atomic E-state index is 12.3. The van der Waals surface area contributed by atoms with E-state index in [9.17, 15) is 9.59 Å². The van der Waals surface area contributed by atoms with Gasteiger partial charge in [0, 0.05) is 10.2 Å². The summed E-state index contributed by atoms with van der Waals surface area (Å²) >= 11 is 3.34. The van der Waals surface area contributed by atoms with E-state index in [0.717, 1.165) is 30.2 Å². The van der Waals surface area contributed by atoms with Gasteiger partial charge in [0.2, 0.25) is 0 Å². The van der Waals surface area contributed by atoms with E-state index < -0.39 is 5.97 Å². The number of nitrogens with one attached hydrogen (secondary N) is 1. The maximum absolute atomic E-state index is 12.3. The Hall–Kier alpha value is -2.54. The first-order valence-corrected chi connectivity index (χ1v) is 9.59. The summed E-state index contributed by atoms with van der Waals surface area (Å²) in [5.41, 5.74) is 7.27. The fourth-order valence-electron chi connectivity index (χ4n) is 2.89. The molecule has 3 rings (SSSR count). The fraction of sp³-hybridized carbons (Fsp3) is 0.300. The van der Waals surface area contributed by atoms with Crippen molar-refractivity contribution in [3.05, 3.63) is 52.5 Å². The molecule has 1 amide bonds. The topological polar surface area (TPSA) is 90.7 Å². The van der Waals surface area contributed by atoms with Crippen LogP contribution >= 0.6 is 15.9 Å². The van der Waals surface area contributed by atoms with E-state index in [-0.39, 0.29) is 24.4 Å². The zero-order valence-corrected chi connectivity index (χ0v) is 16.3. The third-order valence-corrected chi connectivity index (χ3v) is 4.84. The number of benzene rings is 2. The van der Waals surface area contributed by atoms with Crippen LogP contribution in [0.3, 0.4) is 0 Å². The highest BCUT2D eigenvalue weighted by Gasteiger charge is 2.21. The zero-order chi connectivity index (χ0) is 19.2. The lowest BCUT2D eigenvalue weighted by atomic mass is 10.2. The second-order valence-electron chi connectivity index (χ2n) is 6.41. The predicted octanol–water partition coefficient (Wildman–Crippen LogP) is 4.15. The summed E-state index contributed by atoms with van der Waals surface area (Å²) in [6, 6.07) is 11.9. The third kappa shape index (κ3) is 5.47.